The first-order valence-corrected chi connectivity index (χ1v) is 12.9. The van der Waals surface area contributed by atoms with Gasteiger partial charge in [-0.1, -0.05) is 17.7 Å². The number of fused-ring (bicyclic) bond motifs is 1. The maximum Gasteiger partial charge on any atom is 0.281 e. The number of nitrogens with zero attached hydrogens (tertiary/aromatic N) is 2. The average molecular weight is 580 g/mol. The Morgan fingerprint density at radius 1 is 1.05 bits per heavy atom. The highest BCUT2D eigenvalue weighted by Gasteiger charge is 2.53. The third-order valence-electron chi connectivity index (χ3n) is 7.47. The van der Waals surface area contributed by atoms with Crippen molar-refractivity contribution in [1.29, 1.82) is 0 Å². The van der Waals surface area contributed by atoms with Crippen LogP contribution in [-0.4, -0.2) is 34.5 Å². The van der Waals surface area contributed by atoms with Crippen LogP contribution >= 0.6 is 11.6 Å². The largest absolute Gasteiger partial charge is 0.372 e. The Kier molecular flexibility index (Phi) is 7.54. The van der Waals surface area contributed by atoms with Gasteiger partial charge in [-0.05, 0) is 68.0 Å². The second-order valence-corrected chi connectivity index (χ2v) is 10.4. The number of hydrogen-bond donors (Lipinski definition) is 2. The molecule has 210 valence electrons. The molecule has 1 atom stereocenters. The number of nitrogens with one attached hydrogen (secondary N) is 1. The molecule has 1 aliphatic heterocycles. The maximum absolute atomic E-state index is 14.7. The van der Waals surface area contributed by atoms with E-state index in [9.17, 15) is 36.6 Å². The van der Waals surface area contributed by atoms with Gasteiger partial charge in [0, 0.05) is 29.9 Å². The van der Waals surface area contributed by atoms with Gasteiger partial charge in [-0.15, -0.1) is 0 Å². The summed E-state index contributed by atoms with van der Waals surface area (Å²) < 4.78 is 69.5. The maximum atomic E-state index is 14.7. The zero-order chi connectivity index (χ0) is 28.8. The predicted molar refractivity (Wildman–Crippen MR) is 136 cm³/mol. The predicted octanol–water partition coefficient (Wildman–Crippen LogP) is 5.66. The summed E-state index contributed by atoms with van der Waals surface area (Å²) in [4.78, 5) is 31.0. The first-order valence-electron chi connectivity index (χ1n) is 12.5. The van der Waals surface area contributed by atoms with Crippen LogP contribution in [0.5, 0.6) is 0 Å². The number of halogens is 6. The van der Waals surface area contributed by atoms with Crippen molar-refractivity contribution in [1.82, 2.24) is 10.3 Å². The highest BCUT2D eigenvalue weighted by Crippen LogP contribution is 2.46. The molecular formula is C28H23ClF5N3O3. The van der Waals surface area contributed by atoms with Gasteiger partial charge in [0.25, 0.3) is 18.2 Å². The highest BCUT2D eigenvalue weighted by atomic mass is 35.5. The molecule has 1 fully saturated rings. The van der Waals surface area contributed by atoms with E-state index >= 15 is 0 Å². The zero-order valence-corrected chi connectivity index (χ0v) is 21.6. The van der Waals surface area contributed by atoms with Crippen LogP contribution in [0.2, 0.25) is 5.02 Å². The van der Waals surface area contributed by atoms with Gasteiger partial charge in [0.15, 0.2) is 5.60 Å². The molecule has 0 spiro atoms. The molecule has 1 aromatic heterocycles. The van der Waals surface area contributed by atoms with Gasteiger partial charge in [-0.3, -0.25) is 14.6 Å². The van der Waals surface area contributed by atoms with Crippen LogP contribution in [0, 0.1) is 23.4 Å². The minimum atomic E-state index is -2.96. The van der Waals surface area contributed by atoms with Gasteiger partial charge in [0.1, 0.15) is 23.1 Å². The number of carbonyl (C=O) groups is 2. The van der Waals surface area contributed by atoms with E-state index < -0.39 is 52.5 Å². The molecule has 2 N–H and O–H groups in total. The van der Waals surface area contributed by atoms with E-state index in [-0.39, 0.29) is 40.3 Å². The molecule has 0 saturated heterocycles. The van der Waals surface area contributed by atoms with Crippen molar-refractivity contribution in [3.63, 3.8) is 0 Å². The number of carbonyl (C=O) groups excluding carboxylic acids is 2. The summed E-state index contributed by atoms with van der Waals surface area (Å²) in [5, 5.41) is 14.3. The van der Waals surface area contributed by atoms with E-state index in [2.05, 4.69) is 10.3 Å². The number of rotatable bonds is 6. The summed E-state index contributed by atoms with van der Waals surface area (Å²) in [6.45, 7) is 0.0585. The average Bonchev–Trinajstić information content (AvgIpc) is 3.12. The number of benzene rings is 2. The zero-order valence-electron chi connectivity index (χ0n) is 20.8. The lowest BCUT2D eigenvalue weighted by Gasteiger charge is -2.32. The Morgan fingerprint density at radius 2 is 1.73 bits per heavy atom. The summed E-state index contributed by atoms with van der Waals surface area (Å²) in [7, 11) is 0. The minimum absolute atomic E-state index is 0.0448. The first-order chi connectivity index (χ1) is 19.0. The number of pyridine rings is 1. The quantitative estimate of drug-likeness (QED) is 0.369. The fraction of sp³-hybridized carbons (Fsp3) is 0.321. The number of hydrogen-bond acceptors (Lipinski definition) is 4. The summed E-state index contributed by atoms with van der Waals surface area (Å²) in [5.74, 6) is -4.32. The van der Waals surface area contributed by atoms with Crippen LogP contribution < -0.4 is 10.2 Å². The third kappa shape index (κ3) is 5.03. The molecule has 0 bridgehead atoms. The molecule has 3 aromatic rings. The van der Waals surface area contributed by atoms with Crippen molar-refractivity contribution >= 4 is 29.1 Å². The molecule has 1 saturated carbocycles. The number of aliphatic hydroxyl groups is 1. The van der Waals surface area contributed by atoms with Crippen LogP contribution in [0.15, 0.2) is 48.7 Å². The molecule has 2 heterocycles. The van der Waals surface area contributed by atoms with Gasteiger partial charge >= 0.3 is 0 Å². The van der Waals surface area contributed by atoms with Crippen molar-refractivity contribution in [2.75, 3.05) is 11.4 Å². The van der Waals surface area contributed by atoms with E-state index in [1.165, 1.54) is 11.0 Å². The van der Waals surface area contributed by atoms with Gasteiger partial charge in [-0.2, -0.15) is 0 Å². The lowest BCUT2D eigenvalue weighted by Crippen LogP contribution is -2.45. The minimum Gasteiger partial charge on any atom is -0.372 e. The topological polar surface area (TPSA) is 82.5 Å². The monoisotopic (exact) mass is 579 g/mol. The Labute approximate surface area is 230 Å². The lowest BCUT2D eigenvalue weighted by atomic mass is 9.85. The normalized spacial score (nSPS) is 22.5. The van der Waals surface area contributed by atoms with Gasteiger partial charge in [0.2, 0.25) is 0 Å². The Morgan fingerprint density at radius 3 is 2.42 bits per heavy atom. The molecule has 2 aromatic carbocycles. The van der Waals surface area contributed by atoms with E-state index in [1.54, 1.807) is 0 Å². The smallest absolute Gasteiger partial charge is 0.281 e. The fourth-order valence-corrected chi connectivity index (χ4v) is 5.64. The molecule has 5 rings (SSSR count). The standard InChI is InChI=1S/C28H23ClF5N3O3/c29-15-9-19(24(25(33)34)35-12-15)26(38)36-18-5-1-14(2-6-18)13-37-23-11-17(31)3-7-20(23)28(40,27(37)39)21-10-16(30)4-8-22(21)32/h3-4,7-12,14,18,25,40H,1-2,5-6,13H2,(H,36,38). The molecular weight excluding hydrogens is 557 g/mol. The molecule has 40 heavy (non-hydrogen) atoms. The van der Waals surface area contributed by atoms with Gasteiger partial charge < -0.3 is 15.3 Å². The van der Waals surface area contributed by atoms with Crippen molar-refractivity contribution in [3.8, 4) is 0 Å². The van der Waals surface area contributed by atoms with E-state index in [0.29, 0.717) is 25.7 Å². The van der Waals surface area contributed by atoms with Gasteiger partial charge in [0.05, 0.1) is 16.3 Å². The summed E-state index contributed by atoms with van der Waals surface area (Å²) >= 11 is 5.84. The Hall–Kier alpha value is -3.57. The Balaban J connectivity index is 1.31. The highest BCUT2D eigenvalue weighted by molar-refractivity contribution is 6.30. The summed E-state index contributed by atoms with van der Waals surface area (Å²) in [6, 6.07) is 6.47. The van der Waals surface area contributed by atoms with E-state index in [4.69, 9.17) is 11.6 Å². The van der Waals surface area contributed by atoms with Gasteiger partial charge in [-0.25, -0.2) is 22.0 Å². The number of amides is 2. The first kappa shape index (κ1) is 28.0. The molecule has 1 aliphatic carbocycles. The molecule has 2 amide bonds. The van der Waals surface area contributed by atoms with Crippen molar-refractivity contribution in [3.05, 3.63) is 93.5 Å². The summed E-state index contributed by atoms with van der Waals surface area (Å²) in [5.41, 5.74) is -4.11. The number of anilines is 1. The van der Waals surface area contributed by atoms with Crippen LogP contribution in [-0.2, 0) is 10.4 Å². The second-order valence-electron chi connectivity index (χ2n) is 9.99. The fourth-order valence-electron chi connectivity index (χ4n) is 5.49. The van der Waals surface area contributed by atoms with Crippen molar-refractivity contribution in [2.24, 2.45) is 5.92 Å². The molecule has 6 nitrogen and oxygen atoms in total. The molecule has 2 aliphatic rings. The number of alkyl halides is 2. The number of aromatic nitrogens is 1. The third-order valence-corrected chi connectivity index (χ3v) is 7.68. The van der Waals surface area contributed by atoms with Crippen LogP contribution in [0.1, 0.15) is 59.3 Å². The van der Waals surface area contributed by atoms with E-state index in [0.717, 1.165) is 42.6 Å². The van der Waals surface area contributed by atoms with Crippen LogP contribution in [0.3, 0.4) is 0 Å². The molecule has 1 unspecified atom stereocenters. The SMILES string of the molecule is O=C(NC1CCC(CN2C(=O)C(O)(c3cc(F)ccc3F)c3ccc(F)cc32)CC1)c1cc(Cl)cnc1C(F)F. The van der Waals surface area contributed by atoms with Crippen LogP contribution in [0.4, 0.5) is 27.6 Å². The van der Waals surface area contributed by atoms with Crippen LogP contribution in [0.25, 0.3) is 0 Å². The molecule has 12 heteroatoms. The second kappa shape index (κ2) is 10.8. The van der Waals surface area contributed by atoms with Crippen molar-refractivity contribution < 1.29 is 36.6 Å². The molecule has 0 radical (unpaired) electrons. The lowest BCUT2D eigenvalue weighted by molar-refractivity contribution is -0.132. The summed E-state index contributed by atoms with van der Waals surface area (Å²) in [6.07, 6.45) is -0.00871. The van der Waals surface area contributed by atoms with Crippen molar-refractivity contribution in [2.45, 2.75) is 43.8 Å². The Bertz CT molecular complexity index is 1480. The van der Waals surface area contributed by atoms with E-state index in [1.807, 2.05) is 0 Å².